The molecule has 20 heavy (non-hydrogen) atoms. The van der Waals surface area contributed by atoms with Crippen molar-refractivity contribution < 1.29 is 13.2 Å². The third-order valence-corrected chi connectivity index (χ3v) is 4.44. The molecule has 0 fully saturated rings. The Balaban J connectivity index is 2.18. The van der Waals surface area contributed by atoms with Crippen LogP contribution in [0, 0.1) is 0 Å². The highest BCUT2D eigenvalue weighted by atomic mass is 32.2. The lowest BCUT2D eigenvalue weighted by Crippen LogP contribution is -2.26. The fourth-order valence-corrected chi connectivity index (χ4v) is 2.99. The van der Waals surface area contributed by atoms with Gasteiger partial charge in [0.1, 0.15) is 5.75 Å². The standard InChI is InChI=1S/C14H16N2O3S/c1-11(12-4-3-9-15-10-12)16-20(17,18)14-7-5-13(19-2)6-8-14/h3-11,16H,1-2H3. The van der Waals surface area contributed by atoms with Crippen molar-refractivity contribution in [2.75, 3.05) is 7.11 Å². The highest BCUT2D eigenvalue weighted by Gasteiger charge is 2.18. The van der Waals surface area contributed by atoms with Crippen molar-refractivity contribution in [3.05, 3.63) is 54.4 Å². The molecule has 0 aliphatic carbocycles. The highest BCUT2D eigenvalue weighted by Crippen LogP contribution is 2.18. The average Bonchev–Trinajstić information content (AvgIpc) is 2.48. The summed E-state index contributed by atoms with van der Waals surface area (Å²) >= 11 is 0. The van der Waals surface area contributed by atoms with Gasteiger partial charge in [0, 0.05) is 18.4 Å². The number of sulfonamides is 1. The maximum absolute atomic E-state index is 12.2. The maximum Gasteiger partial charge on any atom is 0.241 e. The monoisotopic (exact) mass is 292 g/mol. The second-order valence-corrected chi connectivity index (χ2v) is 6.02. The van der Waals surface area contributed by atoms with Crippen molar-refractivity contribution in [3.8, 4) is 5.75 Å². The van der Waals surface area contributed by atoms with E-state index in [1.165, 1.54) is 19.2 Å². The second-order valence-electron chi connectivity index (χ2n) is 4.30. The van der Waals surface area contributed by atoms with Crippen LogP contribution < -0.4 is 9.46 Å². The molecule has 0 saturated carbocycles. The number of ether oxygens (including phenoxy) is 1. The summed E-state index contributed by atoms with van der Waals surface area (Å²) in [6.45, 7) is 1.78. The van der Waals surface area contributed by atoms with Gasteiger partial charge in [0.15, 0.2) is 0 Å². The largest absolute Gasteiger partial charge is 0.497 e. The lowest BCUT2D eigenvalue weighted by atomic mass is 10.2. The summed E-state index contributed by atoms with van der Waals surface area (Å²) in [6.07, 6.45) is 3.29. The number of benzene rings is 1. The van der Waals surface area contributed by atoms with E-state index in [2.05, 4.69) is 9.71 Å². The number of nitrogens with zero attached hydrogens (tertiary/aromatic N) is 1. The average molecular weight is 292 g/mol. The molecule has 1 aromatic heterocycles. The Morgan fingerprint density at radius 1 is 1.20 bits per heavy atom. The summed E-state index contributed by atoms with van der Waals surface area (Å²) in [5, 5.41) is 0. The van der Waals surface area contributed by atoms with Crippen molar-refractivity contribution in [2.45, 2.75) is 17.9 Å². The molecule has 1 atom stereocenters. The Labute approximate surface area is 118 Å². The van der Waals surface area contributed by atoms with E-state index in [0.717, 1.165) is 5.56 Å². The first kappa shape index (κ1) is 14.5. The smallest absolute Gasteiger partial charge is 0.241 e. The Kier molecular flexibility index (Phi) is 4.36. The zero-order valence-corrected chi connectivity index (χ0v) is 12.1. The van der Waals surface area contributed by atoms with Crippen LogP contribution in [0.15, 0.2) is 53.7 Å². The minimum Gasteiger partial charge on any atom is -0.497 e. The Bertz CT molecular complexity index is 655. The molecule has 5 nitrogen and oxygen atoms in total. The van der Waals surface area contributed by atoms with Gasteiger partial charge in [-0.15, -0.1) is 0 Å². The van der Waals surface area contributed by atoms with Crippen molar-refractivity contribution in [1.29, 1.82) is 0 Å². The molecule has 0 aliphatic heterocycles. The van der Waals surface area contributed by atoms with E-state index in [4.69, 9.17) is 4.74 Å². The first-order valence-corrected chi connectivity index (χ1v) is 7.57. The molecule has 1 heterocycles. The van der Waals surface area contributed by atoms with Gasteiger partial charge in [0.2, 0.25) is 10.0 Å². The van der Waals surface area contributed by atoms with Gasteiger partial charge in [-0.25, -0.2) is 13.1 Å². The summed E-state index contributed by atoms with van der Waals surface area (Å²) in [6, 6.07) is 9.50. The fraction of sp³-hybridized carbons (Fsp3) is 0.214. The van der Waals surface area contributed by atoms with Crippen molar-refractivity contribution >= 4 is 10.0 Å². The van der Waals surface area contributed by atoms with E-state index in [1.54, 1.807) is 37.5 Å². The lowest BCUT2D eigenvalue weighted by Gasteiger charge is -2.14. The number of nitrogens with one attached hydrogen (secondary N) is 1. The normalized spacial score (nSPS) is 12.9. The van der Waals surface area contributed by atoms with Gasteiger partial charge in [-0.1, -0.05) is 6.07 Å². The predicted octanol–water partition coefficient (Wildman–Crippen LogP) is 2.13. The quantitative estimate of drug-likeness (QED) is 0.916. The molecule has 1 unspecified atom stereocenters. The van der Waals surface area contributed by atoms with E-state index in [-0.39, 0.29) is 10.9 Å². The number of hydrogen-bond acceptors (Lipinski definition) is 4. The van der Waals surface area contributed by atoms with Gasteiger partial charge in [0.05, 0.1) is 12.0 Å². The number of hydrogen-bond donors (Lipinski definition) is 1. The minimum atomic E-state index is -3.57. The SMILES string of the molecule is COc1ccc(S(=O)(=O)NC(C)c2cccnc2)cc1. The van der Waals surface area contributed by atoms with Crippen molar-refractivity contribution in [3.63, 3.8) is 0 Å². The molecule has 0 amide bonds. The molecular weight excluding hydrogens is 276 g/mol. The lowest BCUT2D eigenvalue weighted by molar-refractivity contribution is 0.414. The zero-order chi connectivity index (χ0) is 14.6. The maximum atomic E-state index is 12.2. The third-order valence-electron chi connectivity index (χ3n) is 2.89. The number of pyridine rings is 1. The van der Waals surface area contributed by atoms with Crippen LogP contribution in [0.4, 0.5) is 0 Å². The molecule has 106 valence electrons. The van der Waals surface area contributed by atoms with Crippen LogP contribution in [-0.4, -0.2) is 20.5 Å². The van der Waals surface area contributed by atoms with Crippen LogP contribution in [-0.2, 0) is 10.0 Å². The topological polar surface area (TPSA) is 68.3 Å². The molecule has 6 heteroatoms. The molecule has 1 N–H and O–H groups in total. The Morgan fingerprint density at radius 3 is 2.45 bits per heavy atom. The summed E-state index contributed by atoms with van der Waals surface area (Å²) < 4.78 is 32.1. The van der Waals surface area contributed by atoms with E-state index in [9.17, 15) is 8.42 Å². The highest BCUT2D eigenvalue weighted by molar-refractivity contribution is 7.89. The van der Waals surface area contributed by atoms with Crippen LogP contribution in [0.25, 0.3) is 0 Å². The van der Waals surface area contributed by atoms with Crippen LogP contribution in [0.3, 0.4) is 0 Å². The van der Waals surface area contributed by atoms with Gasteiger partial charge in [-0.05, 0) is 42.8 Å². The minimum absolute atomic E-state index is 0.203. The van der Waals surface area contributed by atoms with Crippen LogP contribution in [0.1, 0.15) is 18.5 Å². The molecule has 1 aromatic carbocycles. The molecule has 0 aliphatic rings. The predicted molar refractivity (Wildman–Crippen MR) is 76.0 cm³/mol. The summed E-state index contributed by atoms with van der Waals surface area (Å²) in [7, 11) is -2.03. The Hall–Kier alpha value is -1.92. The van der Waals surface area contributed by atoms with Crippen LogP contribution in [0.5, 0.6) is 5.75 Å². The Morgan fingerprint density at radius 2 is 1.90 bits per heavy atom. The van der Waals surface area contributed by atoms with Gasteiger partial charge in [0.25, 0.3) is 0 Å². The summed E-state index contributed by atoms with van der Waals surface area (Å²) in [5.41, 5.74) is 0.810. The van der Waals surface area contributed by atoms with E-state index in [0.29, 0.717) is 5.75 Å². The molecule has 0 saturated heterocycles. The number of methoxy groups -OCH3 is 1. The molecular formula is C14H16N2O3S. The van der Waals surface area contributed by atoms with E-state index in [1.807, 2.05) is 6.07 Å². The summed E-state index contributed by atoms with van der Waals surface area (Å²) in [5.74, 6) is 0.615. The number of rotatable bonds is 5. The number of aromatic nitrogens is 1. The fourth-order valence-electron chi connectivity index (χ4n) is 1.76. The van der Waals surface area contributed by atoms with Crippen molar-refractivity contribution in [2.24, 2.45) is 0 Å². The van der Waals surface area contributed by atoms with Crippen molar-refractivity contribution in [1.82, 2.24) is 9.71 Å². The summed E-state index contributed by atoms with van der Waals surface area (Å²) in [4.78, 5) is 4.18. The van der Waals surface area contributed by atoms with Gasteiger partial charge in [-0.3, -0.25) is 4.98 Å². The third kappa shape index (κ3) is 3.34. The van der Waals surface area contributed by atoms with Gasteiger partial charge < -0.3 is 4.74 Å². The molecule has 0 spiro atoms. The zero-order valence-electron chi connectivity index (χ0n) is 11.3. The first-order valence-electron chi connectivity index (χ1n) is 6.09. The van der Waals surface area contributed by atoms with Gasteiger partial charge >= 0.3 is 0 Å². The van der Waals surface area contributed by atoms with E-state index < -0.39 is 10.0 Å². The van der Waals surface area contributed by atoms with Crippen LogP contribution in [0.2, 0.25) is 0 Å². The molecule has 0 bridgehead atoms. The molecule has 0 radical (unpaired) electrons. The molecule has 2 rings (SSSR count). The molecule has 2 aromatic rings. The van der Waals surface area contributed by atoms with Gasteiger partial charge in [-0.2, -0.15) is 0 Å². The van der Waals surface area contributed by atoms with E-state index >= 15 is 0 Å². The first-order chi connectivity index (χ1) is 9.53. The second kappa shape index (κ2) is 6.02. The van der Waals surface area contributed by atoms with Crippen LogP contribution >= 0.6 is 0 Å².